The first-order valence-electron chi connectivity index (χ1n) is 4.22. The molecule has 1 N–H and O–H groups in total. The van der Waals surface area contributed by atoms with Crippen LogP contribution < -0.4 is 0 Å². The molecule has 0 aliphatic carbocycles. The van der Waals surface area contributed by atoms with Crippen molar-refractivity contribution in [3.63, 3.8) is 0 Å². The molecule has 0 amide bonds. The van der Waals surface area contributed by atoms with Crippen molar-refractivity contribution in [2.45, 2.75) is 6.18 Å². The summed E-state index contributed by atoms with van der Waals surface area (Å²) in [6, 6.07) is 0.0224. The van der Waals surface area contributed by atoms with Crippen LogP contribution in [0.1, 0.15) is 16.1 Å². The van der Waals surface area contributed by atoms with Crippen LogP contribution >= 0.6 is 0 Å². The van der Waals surface area contributed by atoms with Gasteiger partial charge in [-0.05, 0) is 0 Å². The van der Waals surface area contributed by atoms with E-state index in [0.717, 1.165) is 7.11 Å². The molecule has 1 aromatic rings. The molecule has 0 saturated carbocycles. The number of rotatable bonds is 2. The van der Waals surface area contributed by atoms with Crippen molar-refractivity contribution in [3.8, 4) is 5.88 Å². The SMILES string of the molecule is COC(=O)c1nc(O)c(C(F)(F)F)cc1[N+](=O)[O-]. The maximum absolute atomic E-state index is 12.4. The van der Waals surface area contributed by atoms with Crippen LogP contribution in [-0.4, -0.2) is 28.1 Å². The fraction of sp³-hybridized carbons (Fsp3) is 0.250. The highest BCUT2D eigenvalue weighted by Crippen LogP contribution is 2.37. The summed E-state index contributed by atoms with van der Waals surface area (Å²) in [7, 11) is 0.864. The molecule has 0 spiro atoms. The van der Waals surface area contributed by atoms with Gasteiger partial charge in [-0.25, -0.2) is 4.79 Å². The largest absolute Gasteiger partial charge is 0.493 e. The zero-order chi connectivity index (χ0) is 14.1. The van der Waals surface area contributed by atoms with E-state index in [2.05, 4.69) is 9.72 Å². The number of esters is 1. The maximum atomic E-state index is 12.4. The first-order chi connectivity index (χ1) is 8.18. The minimum Gasteiger partial charge on any atom is -0.493 e. The molecule has 18 heavy (non-hydrogen) atoms. The Hall–Kier alpha value is -2.39. The Labute approximate surface area is 97.0 Å². The van der Waals surface area contributed by atoms with E-state index in [4.69, 9.17) is 5.11 Å². The average Bonchev–Trinajstić information content (AvgIpc) is 2.25. The van der Waals surface area contributed by atoms with E-state index in [1.54, 1.807) is 0 Å². The van der Waals surface area contributed by atoms with Gasteiger partial charge in [0.2, 0.25) is 11.6 Å². The lowest BCUT2D eigenvalue weighted by Crippen LogP contribution is -2.13. The first kappa shape index (κ1) is 13.7. The van der Waals surface area contributed by atoms with Gasteiger partial charge >= 0.3 is 17.8 Å². The van der Waals surface area contributed by atoms with E-state index >= 15 is 0 Å². The number of carbonyl (C=O) groups is 1. The van der Waals surface area contributed by atoms with E-state index in [9.17, 15) is 28.1 Å². The predicted molar refractivity (Wildman–Crippen MR) is 48.9 cm³/mol. The molecule has 0 aliphatic heterocycles. The third-order valence-corrected chi connectivity index (χ3v) is 1.86. The number of hydrogen-bond donors (Lipinski definition) is 1. The Morgan fingerprint density at radius 3 is 2.50 bits per heavy atom. The molecular formula is C8H5F3N2O5. The monoisotopic (exact) mass is 266 g/mol. The molecule has 1 rings (SSSR count). The molecule has 1 aromatic heterocycles. The van der Waals surface area contributed by atoms with Crippen molar-refractivity contribution in [1.82, 2.24) is 4.98 Å². The van der Waals surface area contributed by atoms with Gasteiger partial charge in [0, 0.05) is 6.07 Å². The van der Waals surface area contributed by atoms with Crippen LogP contribution in [0.5, 0.6) is 5.88 Å². The molecule has 1 heterocycles. The number of carbonyl (C=O) groups excluding carboxylic acids is 1. The first-order valence-corrected chi connectivity index (χ1v) is 4.22. The van der Waals surface area contributed by atoms with Crippen molar-refractivity contribution < 1.29 is 32.7 Å². The van der Waals surface area contributed by atoms with Gasteiger partial charge in [-0.1, -0.05) is 0 Å². The molecule has 0 saturated heterocycles. The third-order valence-electron chi connectivity index (χ3n) is 1.86. The summed E-state index contributed by atoms with van der Waals surface area (Å²) in [6.07, 6.45) is -5.03. The number of pyridine rings is 1. The number of aromatic hydroxyl groups is 1. The lowest BCUT2D eigenvalue weighted by molar-refractivity contribution is -0.385. The molecule has 0 radical (unpaired) electrons. The molecular weight excluding hydrogens is 261 g/mol. The average molecular weight is 266 g/mol. The number of hydrogen-bond acceptors (Lipinski definition) is 6. The summed E-state index contributed by atoms with van der Waals surface area (Å²) in [5, 5.41) is 19.6. The normalized spacial score (nSPS) is 11.1. The number of ether oxygens (including phenoxy) is 1. The Bertz CT molecular complexity index is 514. The predicted octanol–water partition coefficient (Wildman–Crippen LogP) is 1.50. The van der Waals surface area contributed by atoms with Gasteiger partial charge in [0.05, 0.1) is 12.0 Å². The summed E-state index contributed by atoms with van der Waals surface area (Å²) >= 11 is 0. The van der Waals surface area contributed by atoms with Gasteiger partial charge in [-0.2, -0.15) is 18.2 Å². The number of methoxy groups -OCH3 is 1. The van der Waals surface area contributed by atoms with E-state index in [-0.39, 0.29) is 6.07 Å². The van der Waals surface area contributed by atoms with Gasteiger partial charge in [-0.3, -0.25) is 10.1 Å². The molecule has 0 aromatic carbocycles. The van der Waals surface area contributed by atoms with Crippen LogP contribution in [0, 0.1) is 10.1 Å². The summed E-state index contributed by atoms with van der Waals surface area (Å²) in [6.45, 7) is 0. The van der Waals surface area contributed by atoms with Crippen molar-refractivity contribution in [1.29, 1.82) is 0 Å². The van der Waals surface area contributed by atoms with Crippen LogP contribution in [0.25, 0.3) is 0 Å². The van der Waals surface area contributed by atoms with Gasteiger partial charge in [0.15, 0.2) is 0 Å². The molecule has 98 valence electrons. The fourth-order valence-electron chi connectivity index (χ4n) is 1.09. The fourth-order valence-corrected chi connectivity index (χ4v) is 1.09. The summed E-state index contributed by atoms with van der Waals surface area (Å²) in [5.41, 5.74) is -3.91. The summed E-state index contributed by atoms with van der Waals surface area (Å²) < 4.78 is 41.2. The number of nitro groups is 1. The molecule has 0 atom stereocenters. The lowest BCUT2D eigenvalue weighted by atomic mass is 10.2. The summed E-state index contributed by atoms with van der Waals surface area (Å²) in [5.74, 6) is -2.86. The molecule has 0 fully saturated rings. The second-order valence-electron chi connectivity index (χ2n) is 2.97. The number of halogens is 3. The molecule has 0 aliphatic rings. The Kier molecular flexibility index (Phi) is 3.39. The molecule has 0 bridgehead atoms. The van der Waals surface area contributed by atoms with Crippen molar-refractivity contribution in [2.75, 3.05) is 7.11 Å². The molecule has 10 heteroatoms. The summed E-state index contributed by atoms with van der Waals surface area (Å²) in [4.78, 5) is 23.2. The number of alkyl halides is 3. The van der Waals surface area contributed by atoms with Crippen molar-refractivity contribution >= 4 is 11.7 Å². The standard InChI is InChI=1S/C8H5F3N2O5/c1-18-7(15)5-4(13(16)17)2-3(6(14)12-5)8(9,10)11/h2H,1H3,(H,12,14). The van der Waals surface area contributed by atoms with E-state index in [1.807, 2.05) is 0 Å². The minimum absolute atomic E-state index is 0.0224. The van der Waals surface area contributed by atoms with Crippen molar-refractivity contribution in [3.05, 3.63) is 27.4 Å². The van der Waals surface area contributed by atoms with Crippen LogP contribution in [-0.2, 0) is 10.9 Å². The van der Waals surface area contributed by atoms with Crippen LogP contribution in [0.3, 0.4) is 0 Å². The number of aromatic nitrogens is 1. The van der Waals surface area contributed by atoms with E-state index in [0.29, 0.717) is 0 Å². The molecule has 7 nitrogen and oxygen atoms in total. The quantitative estimate of drug-likeness (QED) is 0.494. The van der Waals surface area contributed by atoms with Gasteiger partial charge in [0.25, 0.3) is 0 Å². The highest BCUT2D eigenvalue weighted by atomic mass is 19.4. The molecule has 0 unspecified atom stereocenters. The number of nitrogens with zero attached hydrogens (tertiary/aromatic N) is 2. The smallest absolute Gasteiger partial charge is 0.421 e. The maximum Gasteiger partial charge on any atom is 0.421 e. The zero-order valence-electron chi connectivity index (χ0n) is 8.69. The van der Waals surface area contributed by atoms with E-state index in [1.165, 1.54) is 0 Å². The van der Waals surface area contributed by atoms with Crippen molar-refractivity contribution in [2.24, 2.45) is 0 Å². The van der Waals surface area contributed by atoms with Crippen LogP contribution in [0.15, 0.2) is 6.07 Å². The minimum atomic E-state index is -5.03. The lowest BCUT2D eigenvalue weighted by Gasteiger charge is -2.09. The van der Waals surface area contributed by atoms with Gasteiger partial charge < -0.3 is 9.84 Å². The van der Waals surface area contributed by atoms with Crippen LogP contribution in [0.4, 0.5) is 18.9 Å². The van der Waals surface area contributed by atoms with Gasteiger partial charge in [0.1, 0.15) is 5.56 Å². The van der Waals surface area contributed by atoms with Crippen LogP contribution in [0.2, 0.25) is 0 Å². The van der Waals surface area contributed by atoms with E-state index < -0.39 is 39.9 Å². The topological polar surface area (TPSA) is 103 Å². The Morgan fingerprint density at radius 1 is 1.56 bits per heavy atom. The highest BCUT2D eigenvalue weighted by molar-refractivity contribution is 5.92. The Morgan fingerprint density at radius 2 is 2.11 bits per heavy atom. The highest BCUT2D eigenvalue weighted by Gasteiger charge is 2.39. The third kappa shape index (κ3) is 2.47. The zero-order valence-corrected chi connectivity index (χ0v) is 8.69. The van der Waals surface area contributed by atoms with Gasteiger partial charge in [-0.15, -0.1) is 0 Å². The second-order valence-corrected chi connectivity index (χ2v) is 2.97. The Balaban J connectivity index is 3.54. The second kappa shape index (κ2) is 4.47.